The number of halogens is 2. The highest BCUT2D eigenvalue weighted by Gasteiger charge is 2.16. The zero-order valence-electron chi connectivity index (χ0n) is 9.58. The van der Waals surface area contributed by atoms with E-state index in [1.54, 1.807) is 0 Å². The Bertz CT molecular complexity index is 610. The normalized spacial score (nSPS) is 10.4. The van der Waals surface area contributed by atoms with Gasteiger partial charge in [0.25, 0.3) is 5.91 Å². The maximum absolute atomic E-state index is 12.0. The highest BCUT2D eigenvalue weighted by molar-refractivity contribution is 6.34. The van der Waals surface area contributed by atoms with Gasteiger partial charge in [-0.05, 0) is 19.9 Å². The van der Waals surface area contributed by atoms with Crippen molar-refractivity contribution in [3.8, 4) is 0 Å². The fourth-order valence-corrected chi connectivity index (χ4v) is 1.62. The van der Waals surface area contributed by atoms with E-state index in [4.69, 9.17) is 23.2 Å². The Kier molecular flexibility index (Phi) is 3.49. The van der Waals surface area contributed by atoms with Crippen molar-refractivity contribution in [2.24, 2.45) is 0 Å². The molecule has 8 heteroatoms. The second kappa shape index (κ2) is 4.91. The fraction of sp³-hybridized carbons (Fsp3) is 0.200. The topological polar surface area (TPSA) is 83.6 Å². The summed E-state index contributed by atoms with van der Waals surface area (Å²) in [5.74, 6) is 0.00732. The van der Waals surface area contributed by atoms with Crippen LogP contribution in [-0.2, 0) is 0 Å². The first-order chi connectivity index (χ1) is 8.49. The van der Waals surface area contributed by atoms with Gasteiger partial charge in [-0.25, -0.2) is 0 Å². The van der Waals surface area contributed by atoms with Crippen LogP contribution in [0, 0.1) is 13.8 Å². The van der Waals surface area contributed by atoms with Crippen molar-refractivity contribution in [2.45, 2.75) is 13.8 Å². The van der Waals surface area contributed by atoms with Crippen molar-refractivity contribution in [3.63, 3.8) is 0 Å². The molecule has 2 aromatic heterocycles. The third-order valence-corrected chi connectivity index (χ3v) is 2.91. The highest BCUT2D eigenvalue weighted by Crippen LogP contribution is 2.19. The van der Waals surface area contributed by atoms with Crippen LogP contribution in [-0.4, -0.2) is 26.3 Å². The van der Waals surface area contributed by atoms with Gasteiger partial charge in [-0.3, -0.25) is 9.89 Å². The molecule has 18 heavy (non-hydrogen) atoms. The van der Waals surface area contributed by atoms with E-state index in [1.807, 2.05) is 13.8 Å². The van der Waals surface area contributed by atoms with Crippen LogP contribution in [0.4, 0.5) is 5.82 Å². The monoisotopic (exact) mass is 285 g/mol. The summed E-state index contributed by atoms with van der Waals surface area (Å²) in [4.78, 5) is 12.0. The predicted octanol–water partition coefficient (Wildman–Crippen LogP) is 2.38. The Morgan fingerprint density at radius 1 is 1.33 bits per heavy atom. The third-order valence-electron chi connectivity index (χ3n) is 2.45. The van der Waals surface area contributed by atoms with Gasteiger partial charge in [0.05, 0.1) is 5.56 Å². The van der Waals surface area contributed by atoms with Gasteiger partial charge in [-0.2, -0.15) is 5.10 Å². The molecule has 2 aromatic rings. The molecule has 0 aromatic carbocycles. The van der Waals surface area contributed by atoms with Crippen LogP contribution in [0.25, 0.3) is 0 Å². The Morgan fingerprint density at radius 2 is 2.06 bits per heavy atom. The molecule has 0 unspecified atom stereocenters. The number of aryl methyl sites for hydroxylation is 1. The number of hydrogen-bond donors (Lipinski definition) is 2. The van der Waals surface area contributed by atoms with Crippen LogP contribution in [0.1, 0.15) is 21.6 Å². The Labute approximate surface area is 113 Å². The second-order valence-corrected chi connectivity index (χ2v) is 4.39. The molecule has 0 aliphatic carbocycles. The molecule has 94 valence electrons. The molecule has 0 spiro atoms. The summed E-state index contributed by atoms with van der Waals surface area (Å²) in [5.41, 5.74) is 1.88. The number of hydrogen-bond acceptors (Lipinski definition) is 4. The fourth-order valence-electron chi connectivity index (χ4n) is 1.29. The Hall–Kier alpha value is -1.66. The van der Waals surface area contributed by atoms with Gasteiger partial charge in [-0.1, -0.05) is 23.2 Å². The number of carbonyl (C=O) groups is 1. The summed E-state index contributed by atoms with van der Waals surface area (Å²) >= 11 is 11.4. The predicted molar refractivity (Wildman–Crippen MR) is 68.1 cm³/mol. The molecular weight excluding hydrogens is 277 g/mol. The van der Waals surface area contributed by atoms with E-state index < -0.39 is 5.91 Å². The molecule has 0 atom stereocenters. The van der Waals surface area contributed by atoms with Crippen molar-refractivity contribution < 1.29 is 4.79 Å². The molecule has 0 fully saturated rings. The number of aromatic nitrogens is 4. The smallest absolute Gasteiger partial charge is 0.260 e. The first-order valence-electron chi connectivity index (χ1n) is 5.00. The number of anilines is 1. The molecule has 2 rings (SSSR count). The number of amides is 1. The highest BCUT2D eigenvalue weighted by atomic mass is 35.5. The maximum Gasteiger partial charge on any atom is 0.260 e. The lowest BCUT2D eigenvalue weighted by atomic mass is 10.2. The minimum Gasteiger partial charge on any atom is -0.305 e. The van der Waals surface area contributed by atoms with Gasteiger partial charge in [-0.15, -0.1) is 10.2 Å². The standard InChI is InChI=1S/C10H9Cl2N5O/c1-4-5(2)14-17-9(4)13-10(18)6-3-7(11)15-16-8(6)12/h3H,1-2H3,(H2,13,14,17,18). The number of aromatic amines is 1. The van der Waals surface area contributed by atoms with E-state index in [0.29, 0.717) is 5.82 Å². The van der Waals surface area contributed by atoms with Crippen LogP contribution >= 0.6 is 23.2 Å². The second-order valence-electron chi connectivity index (χ2n) is 3.65. The molecule has 2 N–H and O–H groups in total. The van der Waals surface area contributed by atoms with Gasteiger partial charge in [0.2, 0.25) is 0 Å². The summed E-state index contributed by atoms with van der Waals surface area (Å²) in [6.45, 7) is 3.70. The molecule has 1 amide bonds. The maximum atomic E-state index is 12.0. The average Bonchev–Trinajstić information content (AvgIpc) is 2.64. The van der Waals surface area contributed by atoms with E-state index in [1.165, 1.54) is 6.07 Å². The minimum atomic E-state index is -0.439. The van der Waals surface area contributed by atoms with E-state index in [2.05, 4.69) is 25.7 Å². The molecule has 6 nitrogen and oxygen atoms in total. The van der Waals surface area contributed by atoms with Crippen LogP contribution in [0.3, 0.4) is 0 Å². The molecule has 0 aliphatic heterocycles. The van der Waals surface area contributed by atoms with Crippen molar-refractivity contribution in [2.75, 3.05) is 5.32 Å². The summed E-state index contributed by atoms with van der Waals surface area (Å²) in [6, 6.07) is 1.35. The first-order valence-corrected chi connectivity index (χ1v) is 5.76. The van der Waals surface area contributed by atoms with Crippen molar-refractivity contribution in [1.29, 1.82) is 0 Å². The number of nitrogens with zero attached hydrogens (tertiary/aromatic N) is 3. The van der Waals surface area contributed by atoms with Gasteiger partial charge >= 0.3 is 0 Å². The van der Waals surface area contributed by atoms with E-state index in [9.17, 15) is 4.79 Å². The van der Waals surface area contributed by atoms with Gasteiger partial charge in [0.15, 0.2) is 16.1 Å². The lowest BCUT2D eigenvalue weighted by Gasteiger charge is -2.04. The molecule has 2 heterocycles. The van der Waals surface area contributed by atoms with Crippen LogP contribution in [0.15, 0.2) is 6.07 Å². The molecule has 0 bridgehead atoms. The quantitative estimate of drug-likeness (QED) is 0.887. The largest absolute Gasteiger partial charge is 0.305 e. The Morgan fingerprint density at radius 3 is 2.67 bits per heavy atom. The van der Waals surface area contributed by atoms with Crippen molar-refractivity contribution in [1.82, 2.24) is 20.4 Å². The zero-order chi connectivity index (χ0) is 13.3. The van der Waals surface area contributed by atoms with Gasteiger partial charge < -0.3 is 5.32 Å². The number of nitrogens with one attached hydrogen (secondary N) is 2. The van der Waals surface area contributed by atoms with Crippen molar-refractivity contribution in [3.05, 3.63) is 33.2 Å². The molecule has 0 radical (unpaired) electrons. The number of carbonyl (C=O) groups excluding carboxylic acids is 1. The molecule has 0 saturated heterocycles. The summed E-state index contributed by atoms with van der Waals surface area (Å²) in [5, 5.41) is 16.5. The van der Waals surface area contributed by atoms with Gasteiger partial charge in [0, 0.05) is 11.3 Å². The SMILES string of the molecule is Cc1[nH]nc(NC(=O)c2cc(Cl)nnc2Cl)c1C. The minimum absolute atomic E-state index is 0.0122. The van der Waals surface area contributed by atoms with E-state index in [-0.39, 0.29) is 15.9 Å². The summed E-state index contributed by atoms with van der Waals surface area (Å²) in [6.07, 6.45) is 0. The molecular formula is C10H9Cl2N5O. The summed E-state index contributed by atoms with van der Waals surface area (Å²) in [7, 11) is 0. The number of H-pyrrole nitrogens is 1. The van der Waals surface area contributed by atoms with Gasteiger partial charge in [0.1, 0.15) is 0 Å². The third kappa shape index (κ3) is 2.44. The lowest BCUT2D eigenvalue weighted by molar-refractivity contribution is 0.102. The van der Waals surface area contributed by atoms with E-state index in [0.717, 1.165) is 11.3 Å². The van der Waals surface area contributed by atoms with Crippen LogP contribution in [0.2, 0.25) is 10.3 Å². The average molecular weight is 286 g/mol. The first kappa shape index (κ1) is 12.8. The zero-order valence-corrected chi connectivity index (χ0v) is 11.1. The van der Waals surface area contributed by atoms with Crippen LogP contribution in [0.5, 0.6) is 0 Å². The summed E-state index contributed by atoms with van der Waals surface area (Å²) < 4.78 is 0. The number of rotatable bonds is 2. The Balaban J connectivity index is 2.27. The van der Waals surface area contributed by atoms with Crippen molar-refractivity contribution >= 4 is 34.9 Å². The van der Waals surface area contributed by atoms with Crippen LogP contribution < -0.4 is 5.32 Å². The lowest BCUT2D eigenvalue weighted by Crippen LogP contribution is -2.14. The molecule has 0 saturated carbocycles. The molecule has 0 aliphatic rings. The van der Waals surface area contributed by atoms with E-state index >= 15 is 0 Å².